The molecule has 1 aliphatic heterocycles. The molecular formula is C13H17NO2S. The standard InChI is InChI=1S/C13H17NO2S/c1-16-13(15)11-7-3-4-8-12(11)17-14-9-5-2-6-10-14/h3-4,7-8H,2,5-6,9-10H2,1H3. The molecule has 0 atom stereocenters. The van der Waals surface area contributed by atoms with Crippen molar-refractivity contribution < 1.29 is 9.53 Å². The topological polar surface area (TPSA) is 29.5 Å². The lowest BCUT2D eigenvalue weighted by atomic mass is 10.2. The first-order valence-corrected chi connectivity index (χ1v) is 6.69. The fraction of sp³-hybridized carbons (Fsp3) is 0.462. The molecule has 1 fully saturated rings. The van der Waals surface area contributed by atoms with Crippen molar-refractivity contribution in [2.45, 2.75) is 24.2 Å². The Kier molecular flexibility index (Phi) is 4.45. The second-order valence-corrected chi connectivity index (χ2v) is 5.21. The predicted molar refractivity (Wildman–Crippen MR) is 69.1 cm³/mol. The third-order valence-electron chi connectivity index (χ3n) is 2.83. The van der Waals surface area contributed by atoms with Crippen molar-refractivity contribution in [2.75, 3.05) is 20.2 Å². The summed E-state index contributed by atoms with van der Waals surface area (Å²) < 4.78 is 7.12. The lowest BCUT2D eigenvalue weighted by Crippen LogP contribution is -2.23. The summed E-state index contributed by atoms with van der Waals surface area (Å²) in [4.78, 5) is 12.6. The molecular weight excluding hydrogens is 234 g/mol. The molecule has 1 heterocycles. The van der Waals surface area contributed by atoms with Gasteiger partial charge in [-0.05, 0) is 36.9 Å². The molecule has 0 unspecified atom stereocenters. The minimum absolute atomic E-state index is 0.259. The van der Waals surface area contributed by atoms with Gasteiger partial charge in [-0.15, -0.1) is 0 Å². The maximum absolute atomic E-state index is 11.6. The van der Waals surface area contributed by atoms with Crippen LogP contribution >= 0.6 is 11.9 Å². The Morgan fingerprint density at radius 3 is 2.65 bits per heavy atom. The highest BCUT2D eigenvalue weighted by Gasteiger charge is 2.16. The first-order valence-electron chi connectivity index (χ1n) is 5.91. The van der Waals surface area contributed by atoms with Gasteiger partial charge in [0.1, 0.15) is 0 Å². The van der Waals surface area contributed by atoms with Crippen molar-refractivity contribution in [3.05, 3.63) is 29.8 Å². The van der Waals surface area contributed by atoms with Crippen LogP contribution < -0.4 is 0 Å². The molecule has 1 aromatic rings. The molecule has 0 bridgehead atoms. The third kappa shape index (κ3) is 3.23. The molecule has 0 aromatic heterocycles. The van der Waals surface area contributed by atoms with E-state index in [0.29, 0.717) is 5.56 Å². The van der Waals surface area contributed by atoms with Crippen LogP contribution in [0.5, 0.6) is 0 Å². The number of nitrogens with zero attached hydrogens (tertiary/aromatic N) is 1. The molecule has 0 saturated carbocycles. The summed E-state index contributed by atoms with van der Waals surface area (Å²) in [7, 11) is 1.42. The van der Waals surface area contributed by atoms with E-state index in [1.165, 1.54) is 26.4 Å². The largest absolute Gasteiger partial charge is 0.465 e. The monoisotopic (exact) mass is 251 g/mol. The van der Waals surface area contributed by atoms with Crippen LogP contribution in [-0.2, 0) is 4.74 Å². The number of hydrogen-bond donors (Lipinski definition) is 0. The Morgan fingerprint density at radius 2 is 1.94 bits per heavy atom. The zero-order valence-corrected chi connectivity index (χ0v) is 10.8. The van der Waals surface area contributed by atoms with Crippen molar-refractivity contribution in [1.82, 2.24) is 4.31 Å². The third-order valence-corrected chi connectivity index (χ3v) is 4.01. The molecule has 0 spiro atoms. The van der Waals surface area contributed by atoms with Gasteiger partial charge in [0.15, 0.2) is 0 Å². The molecule has 2 rings (SSSR count). The lowest BCUT2D eigenvalue weighted by Gasteiger charge is -2.25. The Bertz CT molecular complexity index is 389. The molecule has 0 radical (unpaired) electrons. The van der Waals surface area contributed by atoms with E-state index in [1.807, 2.05) is 24.3 Å². The highest BCUT2D eigenvalue weighted by atomic mass is 32.2. The molecule has 92 valence electrons. The Hall–Kier alpha value is -1.00. The Morgan fingerprint density at radius 1 is 1.24 bits per heavy atom. The van der Waals surface area contributed by atoms with Gasteiger partial charge in [0, 0.05) is 18.0 Å². The average molecular weight is 251 g/mol. The van der Waals surface area contributed by atoms with E-state index in [1.54, 1.807) is 11.9 Å². The number of rotatable bonds is 3. The SMILES string of the molecule is COC(=O)c1ccccc1SN1CCCCC1. The second-order valence-electron chi connectivity index (χ2n) is 4.07. The summed E-state index contributed by atoms with van der Waals surface area (Å²) in [5.74, 6) is -0.259. The van der Waals surface area contributed by atoms with Gasteiger partial charge in [-0.1, -0.05) is 18.6 Å². The molecule has 0 N–H and O–H groups in total. The number of carbonyl (C=O) groups is 1. The molecule has 1 aliphatic rings. The van der Waals surface area contributed by atoms with Crippen LogP contribution in [0.2, 0.25) is 0 Å². The van der Waals surface area contributed by atoms with E-state index in [0.717, 1.165) is 18.0 Å². The summed E-state index contributed by atoms with van der Waals surface area (Å²) in [6, 6.07) is 7.62. The number of hydrogen-bond acceptors (Lipinski definition) is 4. The van der Waals surface area contributed by atoms with E-state index >= 15 is 0 Å². The number of ether oxygens (including phenoxy) is 1. The van der Waals surface area contributed by atoms with Gasteiger partial charge in [-0.25, -0.2) is 9.10 Å². The molecule has 0 amide bonds. The van der Waals surface area contributed by atoms with E-state index in [2.05, 4.69) is 4.31 Å². The van der Waals surface area contributed by atoms with Gasteiger partial charge in [-0.2, -0.15) is 0 Å². The normalized spacial score (nSPS) is 16.8. The highest BCUT2D eigenvalue weighted by Crippen LogP contribution is 2.29. The summed E-state index contributed by atoms with van der Waals surface area (Å²) in [6.45, 7) is 2.19. The van der Waals surface area contributed by atoms with Crippen LogP contribution in [0.25, 0.3) is 0 Å². The van der Waals surface area contributed by atoms with E-state index in [-0.39, 0.29) is 5.97 Å². The Balaban J connectivity index is 2.11. The van der Waals surface area contributed by atoms with Gasteiger partial charge < -0.3 is 4.74 Å². The minimum atomic E-state index is -0.259. The summed E-state index contributed by atoms with van der Waals surface area (Å²) in [6.07, 6.45) is 3.80. The molecule has 0 aliphatic carbocycles. The van der Waals surface area contributed by atoms with Crippen LogP contribution in [0.15, 0.2) is 29.2 Å². The van der Waals surface area contributed by atoms with Gasteiger partial charge in [0.2, 0.25) is 0 Å². The second kappa shape index (κ2) is 6.07. The van der Waals surface area contributed by atoms with E-state index in [4.69, 9.17) is 4.74 Å². The maximum Gasteiger partial charge on any atom is 0.339 e. The zero-order valence-electron chi connectivity index (χ0n) is 10.0. The smallest absolute Gasteiger partial charge is 0.339 e. The number of methoxy groups -OCH3 is 1. The van der Waals surface area contributed by atoms with Gasteiger partial charge >= 0.3 is 5.97 Å². The highest BCUT2D eigenvalue weighted by molar-refractivity contribution is 7.97. The van der Waals surface area contributed by atoms with Gasteiger partial charge in [0.05, 0.1) is 12.7 Å². The first-order chi connectivity index (χ1) is 8.31. The van der Waals surface area contributed by atoms with Gasteiger partial charge in [-0.3, -0.25) is 0 Å². The Labute approximate surface area is 106 Å². The zero-order chi connectivity index (χ0) is 12.1. The summed E-state index contributed by atoms with van der Waals surface area (Å²) >= 11 is 1.67. The van der Waals surface area contributed by atoms with Crippen LogP contribution in [-0.4, -0.2) is 30.5 Å². The summed E-state index contributed by atoms with van der Waals surface area (Å²) in [5.41, 5.74) is 0.658. The van der Waals surface area contributed by atoms with Crippen LogP contribution in [0.1, 0.15) is 29.6 Å². The van der Waals surface area contributed by atoms with Crippen molar-refractivity contribution in [3.8, 4) is 0 Å². The number of carbonyl (C=O) groups excluding carboxylic acids is 1. The summed E-state index contributed by atoms with van der Waals surface area (Å²) in [5, 5.41) is 0. The van der Waals surface area contributed by atoms with Crippen LogP contribution in [0.3, 0.4) is 0 Å². The molecule has 1 saturated heterocycles. The molecule has 17 heavy (non-hydrogen) atoms. The average Bonchev–Trinajstić information content (AvgIpc) is 2.40. The number of esters is 1. The van der Waals surface area contributed by atoms with Crippen molar-refractivity contribution in [1.29, 1.82) is 0 Å². The quantitative estimate of drug-likeness (QED) is 0.610. The van der Waals surface area contributed by atoms with Crippen molar-refractivity contribution in [3.63, 3.8) is 0 Å². The van der Waals surface area contributed by atoms with Crippen molar-refractivity contribution in [2.24, 2.45) is 0 Å². The lowest BCUT2D eigenvalue weighted by molar-refractivity contribution is 0.0596. The fourth-order valence-electron chi connectivity index (χ4n) is 1.92. The first kappa shape index (κ1) is 12.5. The van der Waals surface area contributed by atoms with Crippen molar-refractivity contribution >= 4 is 17.9 Å². The maximum atomic E-state index is 11.6. The molecule has 1 aromatic carbocycles. The van der Waals surface area contributed by atoms with E-state index in [9.17, 15) is 4.79 Å². The predicted octanol–water partition coefficient (Wildman–Crippen LogP) is 2.97. The van der Waals surface area contributed by atoms with Crippen LogP contribution in [0.4, 0.5) is 0 Å². The van der Waals surface area contributed by atoms with E-state index < -0.39 is 0 Å². The van der Waals surface area contributed by atoms with Crippen LogP contribution in [0, 0.1) is 0 Å². The molecule has 3 nitrogen and oxygen atoms in total. The number of benzene rings is 1. The fourth-order valence-corrected chi connectivity index (χ4v) is 3.03. The number of piperidine rings is 1. The minimum Gasteiger partial charge on any atom is -0.465 e. The molecule has 4 heteroatoms. The van der Waals surface area contributed by atoms with Gasteiger partial charge in [0.25, 0.3) is 0 Å².